The van der Waals surface area contributed by atoms with Crippen LogP contribution in [0.15, 0.2) is 48.5 Å². The third kappa shape index (κ3) is 3.12. The van der Waals surface area contributed by atoms with Crippen LogP contribution in [0, 0.1) is 25.7 Å². The molecule has 0 spiro atoms. The monoisotopic (exact) mass is 352 g/mol. The van der Waals surface area contributed by atoms with E-state index in [2.05, 4.69) is 0 Å². The summed E-state index contributed by atoms with van der Waals surface area (Å²) in [7, 11) is 2.73. The van der Waals surface area contributed by atoms with Crippen molar-refractivity contribution >= 4 is 11.9 Å². The molecule has 0 bridgehead atoms. The second-order valence-electron chi connectivity index (χ2n) is 6.97. The van der Waals surface area contributed by atoms with Gasteiger partial charge in [-0.25, -0.2) is 0 Å². The van der Waals surface area contributed by atoms with Crippen LogP contribution < -0.4 is 0 Å². The number of carbonyl (C=O) groups excluding carboxylic acids is 2. The summed E-state index contributed by atoms with van der Waals surface area (Å²) in [6.07, 6.45) is 0. The maximum Gasteiger partial charge on any atom is 0.310 e. The Bertz CT molecular complexity index is 722. The Balaban J connectivity index is 2.08. The molecule has 26 heavy (non-hydrogen) atoms. The molecule has 4 atom stereocenters. The van der Waals surface area contributed by atoms with E-state index in [9.17, 15) is 9.59 Å². The number of rotatable bonds is 4. The lowest BCUT2D eigenvalue weighted by Gasteiger charge is -2.49. The summed E-state index contributed by atoms with van der Waals surface area (Å²) in [5, 5.41) is 0. The maximum atomic E-state index is 12.5. The molecule has 1 aliphatic rings. The van der Waals surface area contributed by atoms with Crippen molar-refractivity contribution in [3.8, 4) is 0 Å². The van der Waals surface area contributed by atoms with E-state index in [0.29, 0.717) is 0 Å². The molecule has 2 aromatic carbocycles. The highest BCUT2D eigenvalue weighted by Gasteiger charge is 2.59. The molecule has 2 aromatic rings. The fourth-order valence-corrected chi connectivity index (χ4v) is 4.01. The minimum atomic E-state index is -0.540. The first-order valence-electron chi connectivity index (χ1n) is 8.76. The van der Waals surface area contributed by atoms with E-state index in [1.54, 1.807) is 0 Å². The summed E-state index contributed by atoms with van der Waals surface area (Å²) in [6.45, 7) is 4.05. The molecule has 0 aliphatic heterocycles. The Kier molecular flexibility index (Phi) is 5.12. The molecule has 0 amide bonds. The van der Waals surface area contributed by atoms with Gasteiger partial charge in [0.2, 0.25) is 0 Å². The van der Waals surface area contributed by atoms with Crippen molar-refractivity contribution in [3.05, 3.63) is 70.8 Å². The Morgan fingerprint density at radius 3 is 1.23 bits per heavy atom. The van der Waals surface area contributed by atoms with Gasteiger partial charge < -0.3 is 9.47 Å². The van der Waals surface area contributed by atoms with Gasteiger partial charge in [0, 0.05) is 11.8 Å². The van der Waals surface area contributed by atoms with Gasteiger partial charge in [-0.05, 0) is 25.0 Å². The Hall–Kier alpha value is -2.62. The van der Waals surface area contributed by atoms with E-state index in [1.165, 1.54) is 14.2 Å². The van der Waals surface area contributed by atoms with Gasteiger partial charge in [-0.3, -0.25) is 9.59 Å². The van der Waals surface area contributed by atoms with Gasteiger partial charge in [0.25, 0.3) is 0 Å². The Morgan fingerprint density at radius 1 is 0.654 bits per heavy atom. The van der Waals surface area contributed by atoms with E-state index < -0.39 is 11.8 Å². The van der Waals surface area contributed by atoms with Crippen LogP contribution in [0.2, 0.25) is 0 Å². The molecular formula is C22H24O4. The van der Waals surface area contributed by atoms with Gasteiger partial charge in [-0.2, -0.15) is 0 Å². The normalized spacial score (nSPS) is 24.5. The third-order valence-corrected chi connectivity index (χ3v) is 5.42. The van der Waals surface area contributed by atoms with Gasteiger partial charge >= 0.3 is 11.9 Å². The first kappa shape index (κ1) is 18.2. The molecule has 1 aliphatic carbocycles. The standard InChI is InChI=1S/C22H24O4/c1-13-5-9-15(10-6-13)17-18(16-11-7-14(2)8-12-16)20(22(24)26-4)19(17)21(23)25-3/h5-12,17-20H,1-4H3/t17-,18+,19+,20-. The highest BCUT2D eigenvalue weighted by atomic mass is 16.5. The zero-order valence-electron chi connectivity index (χ0n) is 15.6. The minimum absolute atomic E-state index is 0.116. The lowest BCUT2D eigenvalue weighted by Crippen LogP contribution is -2.52. The summed E-state index contributed by atoms with van der Waals surface area (Å²) in [5.74, 6) is -2.05. The smallest absolute Gasteiger partial charge is 0.310 e. The van der Waals surface area contributed by atoms with E-state index in [0.717, 1.165) is 22.3 Å². The molecule has 1 saturated carbocycles. The van der Waals surface area contributed by atoms with E-state index >= 15 is 0 Å². The van der Waals surface area contributed by atoms with Gasteiger partial charge in [0.15, 0.2) is 0 Å². The van der Waals surface area contributed by atoms with Crippen LogP contribution in [0.4, 0.5) is 0 Å². The fourth-order valence-electron chi connectivity index (χ4n) is 4.01. The molecule has 0 N–H and O–H groups in total. The molecule has 4 heteroatoms. The van der Waals surface area contributed by atoms with Crippen molar-refractivity contribution < 1.29 is 19.1 Å². The zero-order chi connectivity index (χ0) is 18.8. The fraction of sp³-hybridized carbons (Fsp3) is 0.364. The lowest BCUT2D eigenvalue weighted by atomic mass is 9.52. The van der Waals surface area contributed by atoms with Crippen molar-refractivity contribution in [2.24, 2.45) is 11.8 Å². The first-order valence-corrected chi connectivity index (χ1v) is 8.76. The van der Waals surface area contributed by atoms with Gasteiger partial charge in [-0.1, -0.05) is 59.7 Å². The number of carbonyl (C=O) groups is 2. The number of ether oxygens (including phenoxy) is 2. The van der Waals surface area contributed by atoms with Gasteiger partial charge in [-0.15, -0.1) is 0 Å². The van der Waals surface area contributed by atoms with Crippen molar-refractivity contribution in [2.45, 2.75) is 25.7 Å². The van der Waals surface area contributed by atoms with Gasteiger partial charge in [0.1, 0.15) is 0 Å². The van der Waals surface area contributed by atoms with Gasteiger partial charge in [0.05, 0.1) is 26.1 Å². The predicted molar refractivity (Wildman–Crippen MR) is 98.9 cm³/mol. The number of hydrogen-bond acceptors (Lipinski definition) is 4. The number of benzene rings is 2. The summed E-state index contributed by atoms with van der Waals surface area (Å²) in [4.78, 5) is 25.0. The second kappa shape index (κ2) is 7.32. The van der Waals surface area contributed by atoms with Crippen LogP contribution in [-0.4, -0.2) is 26.2 Å². The molecule has 1 fully saturated rings. The van der Waals surface area contributed by atoms with Crippen LogP contribution in [0.3, 0.4) is 0 Å². The summed E-state index contributed by atoms with van der Waals surface area (Å²) in [6, 6.07) is 16.2. The topological polar surface area (TPSA) is 52.6 Å². The van der Waals surface area contributed by atoms with Crippen LogP contribution in [-0.2, 0) is 19.1 Å². The predicted octanol–water partition coefficient (Wildman–Crippen LogP) is 3.76. The second-order valence-corrected chi connectivity index (χ2v) is 6.97. The van der Waals surface area contributed by atoms with Crippen molar-refractivity contribution in [1.82, 2.24) is 0 Å². The van der Waals surface area contributed by atoms with E-state index in [1.807, 2.05) is 62.4 Å². The molecule has 0 aromatic heterocycles. The largest absolute Gasteiger partial charge is 0.469 e. The summed E-state index contributed by atoms with van der Waals surface area (Å²) < 4.78 is 10.0. The molecule has 0 saturated heterocycles. The highest BCUT2D eigenvalue weighted by Crippen LogP contribution is 2.58. The third-order valence-electron chi connectivity index (χ3n) is 5.42. The molecule has 3 rings (SSSR count). The molecule has 136 valence electrons. The molecule has 4 nitrogen and oxygen atoms in total. The van der Waals surface area contributed by atoms with E-state index in [4.69, 9.17) is 9.47 Å². The average molecular weight is 352 g/mol. The van der Waals surface area contributed by atoms with Crippen molar-refractivity contribution in [1.29, 1.82) is 0 Å². The van der Waals surface area contributed by atoms with Crippen LogP contribution in [0.1, 0.15) is 34.1 Å². The summed E-state index contributed by atoms with van der Waals surface area (Å²) in [5.41, 5.74) is 4.38. The van der Waals surface area contributed by atoms with Crippen LogP contribution in [0.25, 0.3) is 0 Å². The number of aryl methyl sites for hydroxylation is 2. The maximum absolute atomic E-state index is 12.5. The molecule has 0 heterocycles. The van der Waals surface area contributed by atoms with Crippen LogP contribution in [0.5, 0.6) is 0 Å². The van der Waals surface area contributed by atoms with E-state index in [-0.39, 0.29) is 23.8 Å². The van der Waals surface area contributed by atoms with Crippen LogP contribution >= 0.6 is 0 Å². The van der Waals surface area contributed by atoms with Crippen molar-refractivity contribution in [3.63, 3.8) is 0 Å². The quantitative estimate of drug-likeness (QED) is 0.786. The van der Waals surface area contributed by atoms with Crippen molar-refractivity contribution in [2.75, 3.05) is 14.2 Å². The first-order chi connectivity index (χ1) is 12.5. The SMILES string of the molecule is COC(=O)[C@@H]1[C@H](C(=O)OC)[C@@H](c2ccc(C)cc2)[C@H]1c1ccc(C)cc1. The summed E-state index contributed by atoms with van der Waals surface area (Å²) >= 11 is 0. The number of methoxy groups -OCH3 is 2. The molecular weight excluding hydrogens is 328 g/mol. The lowest BCUT2D eigenvalue weighted by molar-refractivity contribution is -0.168. The number of esters is 2. The number of hydrogen-bond donors (Lipinski definition) is 0. The Morgan fingerprint density at radius 2 is 0.962 bits per heavy atom. The molecule has 0 radical (unpaired) electrons. The Labute approximate surface area is 154 Å². The minimum Gasteiger partial charge on any atom is -0.469 e. The zero-order valence-corrected chi connectivity index (χ0v) is 15.6. The molecule has 0 unspecified atom stereocenters. The highest BCUT2D eigenvalue weighted by molar-refractivity contribution is 5.87. The average Bonchev–Trinajstić information content (AvgIpc) is 2.63.